The quantitative estimate of drug-likeness (QED) is 0.426. The van der Waals surface area contributed by atoms with Crippen LogP contribution in [-0.4, -0.2) is 57.3 Å². The van der Waals surface area contributed by atoms with Gasteiger partial charge >= 0.3 is 5.69 Å². The number of anilines is 1. The van der Waals surface area contributed by atoms with Gasteiger partial charge in [0, 0.05) is 32.7 Å². The highest BCUT2D eigenvalue weighted by Crippen LogP contribution is 2.20. The Morgan fingerprint density at radius 1 is 1.14 bits per heavy atom. The molecule has 0 radical (unpaired) electrons. The molecule has 4 rings (SSSR count). The van der Waals surface area contributed by atoms with E-state index in [0.29, 0.717) is 25.5 Å². The summed E-state index contributed by atoms with van der Waals surface area (Å²) in [5.41, 5.74) is 0.386. The maximum Gasteiger partial charge on any atom is 0.333 e. The second kappa shape index (κ2) is 11.4. The van der Waals surface area contributed by atoms with Crippen molar-refractivity contribution in [1.29, 1.82) is 0 Å². The molecule has 2 N–H and O–H groups in total. The van der Waals surface area contributed by atoms with Crippen LogP contribution >= 0.6 is 0 Å². The molecule has 0 aliphatic carbocycles. The largest absolute Gasteiger partial charge is 0.344 e. The van der Waals surface area contributed by atoms with Gasteiger partial charge in [0.15, 0.2) is 11.2 Å². The Morgan fingerprint density at radius 3 is 2.58 bits per heavy atom. The molecular formula is C26H29N7O3. The Labute approximate surface area is 208 Å². The summed E-state index contributed by atoms with van der Waals surface area (Å²) in [6.45, 7) is 4.79. The number of aromatic nitrogens is 4. The van der Waals surface area contributed by atoms with Crippen molar-refractivity contribution in [3.05, 3.63) is 56.7 Å². The topological polar surface area (TPSA) is 106 Å². The Morgan fingerprint density at radius 2 is 1.89 bits per heavy atom. The second-order valence-electron chi connectivity index (χ2n) is 8.38. The van der Waals surface area contributed by atoms with Crippen molar-refractivity contribution in [3.63, 3.8) is 0 Å². The summed E-state index contributed by atoms with van der Waals surface area (Å²) < 4.78 is 4.20. The third kappa shape index (κ3) is 5.19. The van der Waals surface area contributed by atoms with E-state index >= 15 is 0 Å². The normalized spacial score (nSPS) is 13.2. The number of rotatable bonds is 8. The number of fused-ring (bicyclic) bond motifs is 1. The van der Waals surface area contributed by atoms with Crippen LogP contribution in [0.2, 0.25) is 0 Å². The van der Waals surface area contributed by atoms with Gasteiger partial charge in [0.2, 0.25) is 11.9 Å². The average molecular weight is 488 g/mol. The van der Waals surface area contributed by atoms with Crippen LogP contribution in [0.25, 0.3) is 11.2 Å². The fourth-order valence-corrected chi connectivity index (χ4v) is 4.27. The van der Waals surface area contributed by atoms with Crippen molar-refractivity contribution in [1.82, 2.24) is 29.3 Å². The zero-order valence-corrected chi connectivity index (χ0v) is 20.3. The van der Waals surface area contributed by atoms with Crippen LogP contribution in [0.15, 0.2) is 39.9 Å². The maximum atomic E-state index is 13.7. The highest BCUT2D eigenvalue weighted by atomic mass is 16.2. The number of imidazole rings is 1. The second-order valence-corrected chi connectivity index (χ2v) is 8.38. The van der Waals surface area contributed by atoms with Gasteiger partial charge in [-0.05, 0) is 18.9 Å². The first-order valence-electron chi connectivity index (χ1n) is 11.9. The first-order valence-corrected chi connectivity index (χ1v) is 11.9. The summed E-state index contributed by atoms with van der Waals surface area (Å²) in [5.74, 6) is 8.37. The number of amides is 1. The van der Waals surface area contributed by atoms with E-state index in [-0.39, 0.29) is 37.3 Å². The third-order valence-corrected chi connectivity index (χ3v) is 6.06. The summed E-state index contributed by atoms with van der Waals surface area (Å²) in [6, 6.07) is 9.62. The SMILES string of the molecule is C#CCNC(=O)Cn1c(=O)n(CCc2ccccc2)c(=O)c2c1nc(N1CCNCC1)n2CC#CC. The molecule has 1 aliphatic rings. The van der Waals surface area contributed by atoms with E-state index in [1.165, 1.54) is 9.13 Å². The van der Waals surface area contributed by atoms with E-state index in [1.54, 1.807) is 11.5 Å². The molecule has 0 atom stereocenters. The van der Waals surface area contributed by atoms with Crippen LogP contribution in [0.1, 0.15) is 12.5 Å². The summed E-state index contributed by atoms with van der Waals surface area (Å²) in [5, 5.41) is 5.89. The van der Waals surface area contributed by atoms with Gasteiger partial charge in [-0.3, -0.25) is 23.3 Å². The number of nitrogens with zero attached hydrogens (tertiary/aromatic N) is 5. The van der Waals surface area contributed by atoms with E-state index in [1.807, 2.05) is 30.3 Å². The molecule has 0 saturated carbocycles. The van der Waals surface area contributed by atoms with Gasteiger partial charge < -0.3 is 15.5 Å². The molecule has 2 aromatic heterocycles. The predicted octanol–water partition coefficient (Wildman–Crippen LogP) is -0.215. The zero-order valence-electron chi connectivity index (χ0n) is 20.3. The van der Waals surface area contributed by atoms with Crippen LogP contribution in [0.3, 0.4) is 0 Å². The summed E-state index contributed by atoms with van der Waals surface area (Å²) in [4.78, 5) is 46.7. The monoisotopic (exact) mass is 487 g/mol. The lowest BCUT2D eigenvalue weighted by molar-refractivity contribution is -0.121. The minimum atomic E-state index is -0.586. The molecule has 0 bridgehead atoms. The molecule has 3 aromatic rings. The fourth-order valence-electron chi connectivity index (χ4n) is 4.27. The summed E-state index contributed by atoms with van der Waals surface area (Å²) >= 11 is 0. The van der Waals surface area contributed by atoms with Crippen LogP contribution in [-0.2, 0) is 30.8 Å². The Kier molecular flexibility index (Phi) is 7.89. The van der Waals surface area contributed by atoms with Crippen molar-refractivity contribution < 1.29 is 4.79 Å². The van der Waals surface area contributed by atoms with E-state index < -0.39 is 17.2 Å². The van der Waals surface area contributed by atoms with Crippen molar-refractivity contribution >= 4 is 23.0 Å². The van der Waals surface area contributed by atoms with Crippen LogP contribution in [0.4, 0.5) is 5.95 Å². The molecule has 186 valence electrons. The molecule has 10 nitrogen and oxygen atoms in total. The van der Waals surface area contributed by atoms with Crippen molar-refractivity contribution in [3.8, 4) is 24.2 Å². The molecule has 0 spiro atoms. The molecule has 1 saturated heterocycles. The van der Waals surface area contributed by atoms with Crippen LogP contribution < -0.4 is 26.8 Å². The lowest BCUT2D eigenvalue weighted by Gasteiger charge is -2.28. The van der Waals surface area contributed by atoms with Crippen molar-refractivity contribution in [2.75, 3.05) is 37.6 Å². The van der Waals surface area contributed by atoms with Gasteiger partial charge in [-0.1, -0.05) is 42.2 Å². The van der Waals surface area contributed by atoms with Crippen LogP contribution in [0, 0.1) is 24.2 Å². The summed E-state index contributed by atoms with van der Waals surface area (Å²) in [7, 11) is 0. The van der Waals surface area contributed by atoms with Gasteiger partial charge in [0.1, 0.15) is 6.54 Å². The molecule has 1 amide bonds. The number of terminal acetylenes is 1. The number of hydrogen-bond donors (Lipinski definition) is 2. The maximum absolute atomic E-state index is 13.7. The molecule has 1 aliphatic heterocycles. The van der Waals surface area contributed by atoms with E-state index in [2.05, 4.69) is 33.3 Å². The van der Waals surface area contributed by atoms with Crippen LogP contribution in [0.5, 0.6) is 0 Å². The molecule has 36 heavy (non-hydrogen) atoms. The Balaban J connectivity index is 1.90. The van der Waals surface area contributed by atoms with Crippen molar-refractivity contribution in [2.24, 2.45) is 0 Å². The molecule has 1 aromatic carbocycles. The molecule has 0 unspecified atom stereocenters. The molecule has 10 heteroatoms. The lowest BCUT2D eigenvalue weighted by Crippen LogP contribution is -2.44. The number of hydrogen-bond acceptors (Lipinski definition) is 6. The number of piperazine rings is 1. The van der Waals surface area contributed by atoms with Gasteiger partial charge in [-0.15, -0.1) is 12.3 Å². The third-order valence-electron chi connectivity index (χ3n) is 6.06. The highest BCUT2D eigenvalue weighted by Gasteiger charge is 2.25. The predicted molar refractivity (Wildman–Crippen MR) is 139 cm³/mol. The molecule has 3 heterocycles. The van der Waals surface area contributed by atoms with Gasteiger partial charge in [-0.2, -0.15) is 4.98 Å². The Bertz CT molecular complexity index is 1460. The number of benzene rings is 1. The minimum Gasteiger partial charge on any atom is -0.344 e. The average Bonchev–Trinajstić information content (AvgIpc) is 3.29. The number of aryl methyl sites for hydroxylation is 1. The van der Waals surface area contributed by atoms with E-state index in [0.717, 1.165) is 18.7 Å². The molecular weight excluding hydrogens is 458 g/mol. The number of carbonyl (C=O) groups excluding carboxylic acids is 1. The first kappa shape index (κ1) is 24.8. The van der Waals surface area contributed by atoms with E-state index in [4.69, 9.17) is 11.4 Å². The number of carbonyl (C=O) groups is 1. The van der Waals surface area contributed by atoms with E-state index in [9.17, 15) is 14.4 Å². The lowest BCUT2D eigenvalue weighted by atomic mass is 10.1. The first-order chi connectivity index (χ1) is 17.5. The van der Waals surface area contributed by atoms with Gasteiger partial charge in [0.25, 0.3) is 5.56 Å². The van der Waals surface area contributed by atoms with Crippen molar-refractivity contribution in [2.45, 2.75) is 33.0 Å². The highest BCUT2D eigenvalue weighted by molar-refractivity contribution is 5.80. The van der Waals surface area contributed by atoms with Gasteiger partial charge in [0.05, 0.1) is 13.1 Å². The van der Waals surface area contributed by atoms with Gasteiger partial charge in [-0.25, -0.2) is 4.79 Å². The summed E-state index contributed by atoms with van der Waals surface area (Å²) in [6.07, 6.45) is 5.75. The Hall–Kier alpha value is -4.28. The smallest absolute Gasteiger partial charge is 0.333 e. The zero-order chi connectivity index (χ0) is 25.5. The fraction of sp³-hybridized carbons (Fsp3) is 0.385. The minimum absolute atomic E-state index is 0.0386. The standard InChI is InChI=1S/C26H29N7O3/c1-3-5-15-31-22-23(29-25(31)30-17-13-27-14-18-30)33(19-21(34)28-12-4-2)26(36)32(24(22)35)16-11-20-9-7-6-8-10-20/h2,6-10,27H,11-19H2,1H3,(H,28,34). The molecule has 1 fully saturated rings. The number of nitrogens with one attached hydrogen (secondary N) is 2.